The Labute approximate surface area is 154 Å². The molecule has 2 aromatic heterocycles. The molecule has 2 aliphatic rings. The van der Waals surface area contributed by atoms with Crippen LogP contribution in [0, 0.1) is 6.92 Å². The minimum absolute atomic E-state index is 0.757. The maximum absolute atomic E-state index is 4.78. The van der Waals surface area contributed by atoms with Gasteiger partial charge in [0, 0.05) is 56.5 Å². The lowest BCUT2D eigenvalue weighted by atomic mass is 10.1. The van der Waals surface area contributed by atoms with E-state index in [4.69, 9.17) is 9.97 Å². The molecular weight excluding hydrogens is 324 g/mol. The summed E-state index contributed by atoms with van der Waals surface area (Å²) in [6.45, 7) is 11.4. The maximum Gasteiger partial charge on any atom is 0.136 e. The minimum atomic E-state index is 0.757. The summed E-state index contributed by atoms with van der Waals surface area (Å²) in [4.78, 5) is 14.4. The molecule has 6 nitrogen and oxygen atoms in total. The van der Waals surface area contributed by atoms with Crippen LogP contribution in [0.15, 0.2) is 37.2 Å². The Hall–Kier alpha value is -2.47. The van der Waals surface area contributed by atoms with Gasteiger partial charge in [-0.25, -0.2) is 9.97 Å². The van der Waals surface area contributed by atoms with Gasteiger partial charge >= 0.3 is 0 Å². The van der Waals surface area contributed by atoms with Crippen LogP contribution in [0.25, 0.3) is 0 Å². The molecule has 0 N–H and O–H groups in total. The summed E-state index contributed by atoms with van der Waals surface area (Å²) < 4.78 is 1.93. The van der Waals surface area contributed by atoms with Gasteiger partial charge in [-0.3, -0.25) is 9.58 Å². The number of hydrogen-bond donors (Lipinski definition) is 0. The van der Waals surface area contributed by atoms with Crippen molar-refractivity contribution in [3.63, 3.8) is 0 Å². The fourth-order valence-corrected chi connectivity index (χ4v) is 3.80. The van der Waals surface area contributed by atoms with Crippen molar-refractivity contribution in [2.75, 3.05) is 31.1 Å². The first-order valence-corrected chi connectivity index (χ1v) is 9.34. The van der Waals surface area contributed by atoms with Crippen molar-refractivity contribution in [1.82, 2.24) is 24.6 Å². The molecule has 4 heterocycles. The zero-order valence-corrected chi connectivity index (χ0v) is 15.4. The van der Waals surface area contributed by atoms with Crippen LogP contribution in [-0.4, -0.2) is 50.8 Å². The van der Waals surface area contributed by atoms with E-state index in [1.807, 2.05) is 23.9 Å². The van der Waals surface area contributed by atoms with Crippen LogP contribution in [0.5, 0.6) is 0 Å². The average molecular weight is 350 g/mol. The maximum atomic E-state index is 4.78. The standard InChI is InChI=1S/C20H26N6/c1-3-8-26-15-17(13-21-26)14-24-11-6-18-19(7-12-24)22-16(2)23-20(18)25-9-4-5-10-25/h3-5,13,15H,1,6-12,14H2,2H3. The lowest BCUT2D eigenvalue weighted by Gasteiger charge is -2.22. The minimum Gasteiger partial charge on any atom is -0.349 e. The predicted octanol–water partition coefficient (Wildman–Crippen LogP) is 2.14. The number of anilines is 1. The molecule has 0 aliphatic carbocycles. The van der Waals surface area contributed by atoms with E-state index in [9.17, 15) is 0 Å². The van der Waals surface area contributed by atoms with Gasteiger partial charge in [0.1, 0.15) is 11.6 Å². The van der Waals surface area contributed by atoms with Crippen molar-refractivity contribution in [2.24, 2.45) is 0 Å². The van der Waals surface area contributed by atoms with E-state index in [0.717, 1.165) is 63.8 Å². The second-order valence-electron chi connectivity index (χ2n) is 7.03. The predicted molar refractivity (Wildman–Crippen MR) is 103 cm³/mol. The molecule has 0 aromatic carbocycles. The highest BCUT2D eigenvalue weighted by atomic mass is 15.3. The molecule has 0 saturated carbocycles. The molecule has 2 aromatic rings. The second-order valence-corrected chi connectivity index (χ2v) is 7.03. The van der Waals surface area contributed by atoms with Crippen molar-refractivity contribution in [2.45, 2.75) is 32.9 Å². The van der Waals surface area contributed by atoms with E-state index in [-0.39, 0.29) is 0 Å². The Balaban J connectivity index is 1.49. The number of fused-ring (bicyclic) bond motifs is 1. The summed E-state index contributed by atoms with van der Waals surface area (Å²) in [7, 11) is 0. The molecule has 0 atom stereocenters. The fourth-order valence-electron chi connectivity index (χ4n) is 3.80. The first-order chi connectivity index (χ1) is 12.7. The molecule has 0 amide bonds. The second kappa shape index (κ2) is 7.41. The number of hydrogen-bond acceptors (Lipinski definition) is 5. The highest BCUT2D eigenvalue weighted by Crippen LogP contribution is 2.26. The molecule has 0 fully saturated rings. The molecule has 0 spiro atoms. The van der Waals surface area contributed by atoms with E-state index in [1.165, 1.54) is 16.8 Å². The van der Waals surface area contributed by atoms with E-state index >= 15 is 0 Å². The van der Waals surface area contributed by atoms with Crippen molar-refractivity contribution in [3.05, 3.63) is 59.8 Å². The van der Waals surface area contributed by atoms with Crippen molar-refractivity contribution in [3.8, 4) is 0 Å². The van der Waals surface area contributed by atoms with Crippen LogP contribution in [0.4, 0.5) is 5.82 Å². The van der Waals surface area contributed by atoms with Gasteiger partial charge in [-0.2, -0.15) is 5.10 Å². The summed E-state index contributed by atoms with van der Waals surface area (Å²) in [5.41, 5.74) is 3.82. The number of aromatic nitrogens is 4. The molecule has 0 unspecified atom stereocenters. The Morgan fingerprint density at radius 2 is 1.96 bits per heavy atom. The Morgan fingerprint density at radius 3 is 2.77 bits per heavy atom. The van der Waals surface area contributed by atoms with Crippen LogP contribution >= 0.6 is 0 Å². The molecule has 0 radical (unpaired) electrons. The van der Waals surface area contributed by atoms with Crippen molar-refractivity contribution in [1.29, 1.82) is 0 Å². The Kier molecular flexibility index (Phi) is 4.84. The van der Waals surface area contributed by atoms with E-state index in [1.54, 1.807) is 0 Å². The average Bonchev–Trinajstić information content (AvgIpc) is 3.26. The third kappa shape index (κ3) is 3.55. The van der Waals surface area contributed by atoms with Gasteiger partial charge in [0.05, 0.1) is 18.4 Å². The zero-order chi connectivity index (χ0) is 17.9. The fraction of sp³-hybridized carbons (Fsp3) is 0.450. The third-order valence-electron chi connectivity index (χ3n) is 5.05. The SMILES string of the molecule is C=CCn1cc(CN2CCc3nc(C)nc(N4CC=CC4)c3CC2)cn1. The number of rotatable bonds is 5. The van der Waals surface area contributed by atoms with Gasteiger partial charge in [0.2, 0.25) is 0 Å². The monoisotopic (exact) mass is 350 g/mol. The van der Waals surface area contributed by atoms with Gasteiger partial charge in [-0.15, -0.1) is 6.58 Å². The zero-order valence-electron chi connectivity index (χ0n) is 15.4. The molecule has 6 heteroatoms. The normalized spacial score (nSPS) is 17.3. The molecule has 0 bridgehead atoms. The quantitative estimate of drug-likeness (QED) is 0.774. The van der Waals surface area contributed by atoms with Crippen LogP contribution in [0.2, 0.25) is 0 Å². The highest BCUT2D eigenvalue weighted by Gasteiger charge is 2.23. The van der Waals surface area contributed by atoms with Crippen molar-refractivity contribution < 1.29 is 0 Å². The number of aryl methyl sites for hydroxylation is 1. The molecule has 26 heavy (non-hydrogen) atoms. The first kappa shape index (κ1) is 17.0. The Bertz CT molecular complexity index is 814. The smallest absolute Gasteiger partial charge is 0.136 e. The largest absolute Gasteiger partial charge is 0.349 e. The summed E-state index contributed by atoms with van der Waals surface area (Å²) in [5, 5.41) is 4.40. The van der Waals surface area contributed by atoms with Crippen LogP contribution < -0.4 is 4.90 Å². The first-order valence-electron chi connectivity index (χ1n) is 9.34. The van der Waals surface area contributed by atoms with E-state index < -0.39 is 0 Å². The van der Waals surface area contributed by atoms with Gasteiger partial charge in [0.25, 0.3) is 0 Å². The molecule has 4 rings (SSSR count). The lowest BCUT2D eigenvalue weighted by Crippen LogP contribution is -2.26. The van der Waals surface area contributed by atoms with Gasteiger partial charge in [-0.05, 0) is 13.3 Å². The lowest BCUT2D eigenvalue weighted by molar-refractivity contribution is 0.279. The van der Waals surface area contributed by atoms with Gasteiger partial charge < -0.3 is 4.90 Å². The summed E-state index contributed by atoms with van der Waals surface area (Å²) >= 11 is 0. The summed E-state index contributed by atoms with van der Waals surface area (Å²) in [6, 6.07) is 0. The number of allylic oxidation sites excluding steroid dienone is 1. The van der Waals surface area contributed by atoms with E-state index in [0.29, 0.717) is 0 Å². The molecule has 0 saturated heterocycles. The van der Waals surface area contributed by atoms with Gasteiger partial charge in [-0.1, -0.05) is 18.2 Å². The molecule has 136 valence electrons. The summed E-state index contributed by atoms with van der Waals surface area (Å²) in [6.07, 6.45) is 12.4. The summed E-state index contributed by atoms with van der Waals surface area (Å²) in [5.74, 6) is 2.02. The molecular formula is C20H26N6. The van der Waals surface area contributed by atoms with Crippen LogP contribution in [0.1, 0.15) is 22.6 Å². The highest BCUT2D eigenvalue weighted by molar-refractivity contribution is 5.52. The van der Waals surface area contributed by atoms with Crippen molar-refractivity contribution >= 4 is 5.82 Å². The van der Waals surface area contributed by atoms with Crippen LogP contribution in [-0.2, 0) is 25.9 Å². The third-order valence-corrected chi connectivity index (χ3v) is 5.05. The van der Waals surface area contributed by atoms with Crippen LogP contribution in [0.3, 0.4) is 0 Å². The molecule has 2 aliphatic heterocycles. The van der Waals surface area contributed by atoms with Gasteiger partial charge in [0.15, 0.2) is 0 Å². The Morgan fingerprint density at radius 1 is 1.15 bits per heavy atom. The number of nitrogens with zero attached hydrogens (tertiary/aromatic N) is 6. The van der Waals surface area contributed by atoms with E-state index in [2.05, 4.69) is 39.8 Å². The topological polar surface area (TPSA) is 50.1 Å².